The summed E-state index contributed by atoms with van der Waals surface area (Å²) in [5.74, 6) is -1.67. The maximum absolute atomic E-state index is 14.2. The van der Waals surface area contributed by atoms with Gasteiger partial charge in [0.2, 0.25) is 0 Å². The molecule has 0 fully saturated rings. The Balaban J connectivity index is 2.19. The fourth-order valence-corrected chi connectivity index (χ4v) is 3.93. The zero-order chi connectivity index (χ0) is 18.6. The molecule has 0 aromatic heterocycles. The average molecular weight is 340 g/mol. The maximum Gasteiger partial charge on any atom is 0.166 e. The fourth-order valence-electron chi connectivity index (χ4n) is 3.93. The van der Waals surface area contributed by atoms with Crippen LogP contribution in [0.25, 0.3) is 5.57 Å². The van der Waals surface area contributed by atoms with Crippen molar-refractivity contribution < 1.29 is 8.78 Å². The quantitative estimate of drug-likeness (QED) is 0.572. The monoisotopic (exact) mass is 340 g/mol. The zero-order valence-electron chi connectivity index (χ0n) is 15.8. The van der Waals surface area contributed by atoms with Crippen LogP contribution in [0.3, 0.4) is 0 Å². The van der Waals surface area contributed by atoms with Crippen LogP contribution < -0.4 is 0 Å². The molecule has 0 bridgehead atoms. The van der Waals surface area contributed by atoms with E-state index in [4.69, 9.17) is 0 Å². The summed E-state index contributed by atoms with van der Waals surface area (Å²) in [6.07, 6.45) is 2.25. The highest BCUT2D eigenvalue weighted by Gasteiger charge is 2.37. The van der Waals surface area contributed by atoms with E-state index >= 15 is 0 Å². The number of benzene rings is 2. The van der Waals surface area contributed by atoms with Crippen LogP contribution in [-0.4, -0.2) is 0 Å². The van der Waals surface area contributed by atoms with Crippen molar-refractivity contribution in [3.05, 3.63) is 76.4 Å². The predicted molar refractivity (Wildman–Crippen MR) is 101 cm³/mol. The third-order valence-electron chi connectivity index (χ3n) is 5.80. The zero-order valence-corrected chi connectivity index (χ0v) is 15.8. The van der Waals surface area contributed by atoms with Gasteiger partial charge in [-0.05, 0) is 64.5 Å². The Kier molecular flexibility index (Phi) is 4.14. The Morgan fingerprint density at radius 2 is 1.48 bits per heavy atom. The number of hydrogen-bond donors (Lipinski definition) is 0. The minimum absolute atomic E-state index is 0.0636. The Hall–Kier alpha value is -1.96. The fraction of sp³-hybridized carbons (Fsp3) is 0.391. The van der Waals surface area contributed by atoms with E-state index in [1.54, 1.807) is 6.07 Å². The van der Waals surface area contributed by atoms with Crippen molar-refractivity contribution in [3.63, 3.8) is 0 Å². The van der Waals surface area contributed by atoms with E-state index in [0.29, 0.717) is 5.57 Å². The molecule has 3 rings (SSSR count). The van der Waals surface area contributed by atoms with Crippen LogP contribution in [0.4, 0.5) is 8.78 Å². The van der Waals surface area contributed by atoms with Crippen LogP contribution >= 0.6 is 0 Å². The minimum Gasteiger partial charge on any atom is -0.204 e. The number of aryl methyl sites for hydroxylation is 1. The van der Waals surface area contributed by atoms with Gasteiger partial charge in [0.15, 0.2) is 11.6 Å². The normalized spacial score (nSPS) is 17.9. The van der Waals surface area contributed by atoms with E-state index < -0.39 is 11.6 Å². The van der Waals surface area contributed by atoms with Crippen LogP contribution in [-0.2, 0) is 10.8 Å². The lowest BCUT2D eigenvalue weighted by Crippen LogP contribution is -2.34. The lowest BCUT2D eigenvalue weighted by atomic mass is 9.62. The standard InChI is InChI=1S/C23H26F2/c1-14-12-18-19(23(5,6)11-10-22(18,3)4)13-17(14)15(2)16-8-7-9-20(24)21(16)25/h7-9,12-13H,2,10-11H2,1,3-6H3. The Morgan fingerprint density at radius 1 is 0.920 bits per heavy atom. The highest BCUT2D eigenvalue weighted by Crippen LogP contribution is 2.47. The molecule has 0 nitrogen and oxygen atoms in total. The van der Waals surface area contributed by atoms with Crippen molar-refractivity contribution in [2.45, 2.75) is 58.3 Å². The molecule has 0 saturated carbocycles. The third-order valence-corrected chi connectivity index (χ3v) is 5.80. The highest BCUT2D eigenvalue weighted by atomic mass is 19.2. The van der Waals surface area contributed by atoms with E-state index in [9.17, 15) is 8.78 Å². The molecule has 2 heteroatoms. The first kappa shape index (κ1) is 17.8. The second-order valence-electron chi connectivity index (χ2n) is 8.56. The predicted octanol–water partition coefficient (Wildman–Crippen LogP) is 6.68. The molecule has 25 heavy (non-hydrogen) atoms. The molecule has 2 aromatic rings. The summed E-state index contributed by atoms with van der Waals surface area (Å²) in [6.45, 7) is 15.2. The summed E-state index contributed by atoms with van der Waals surface area (Å²) in [5.41, 5.74) is 5.56. The first-order valence-electron chi connectivity index (χ1n) is 8.84. The second-order valence-corrected chi connectivity index (χ2v) is 8.56. The molecule has 1 aliphatic carbocycles. The van der Waals surface area contributed by atoms with Crippen molar-refractivity contribution in [2.75, 3.05) is 0 Å². The molecule has 0 atom stereocenters. The molecular weight excluding hydrogens is 314 g/mol. The van der Waals surface area contributed by atoms with Crippen LogP contribution in [0, 0.1) is 18.6 Å². The van der Waals surface area contributed by atoms with Gasteiger partial charge in [-0.15, -0.1) is 0 Å². The lowest BCUT2D eigenvalue weighted by Gasteiger charge is -2.42. The summed E-state index contributed by atoms with van der Waals surface area (Å²) in [7, 11) is 0. The number of hydrogen-bond acceptors (Lipinski definition) is 0. The van der Waals surface area contributed by atoms with Gasteiger partial charge in [0.1, 0.15) is 0 Å². The van der Waals surface area contributed by atoms with E-state index in [-0.39, 0.29) is 16.4 Å². The van der Waals surface area contributed by atoms with Gasteiger partial charge in [-0.2, -0.15) is 0 Å². The van der Waals surface area contributed by atoms with Gasteiger partial charge in [0.25, 0.3) is 0 Å². The van der Waals surface area contributed by atoms with Gasteiger partial charge >= 0.3 is 0 Å². The van der Waals surface area contributed by atoms with Crippen molar-refractivity contribution in [1.82, 2.24) is 0 Å². The van der Waals surface area contributed by atoms with Crippen molar-refractivity contribution >= 4 is 5.57 Å². The Bertz CT molecular complexity index is 857. The molecule has 0 amide bonds. The van der Waals surface area contributed by atoms with Crippen LogP contribution in [0.1, 0.15) is 68.4 Å². The van der Waals surface area contributed by atoms with Gasteiger partial charge in [-0.3, -0.25) is 0 Å². The summed E-state index contributed by atoms with van der Waals surface area (Å²) >= 11 is 0. The molecule has 132 valence electrons. The highest BCUT2D eigenvalue weighted by molar-refractivity contribution is 5.81. The molecule has 0 unspecified atom stereocenters. The Morgan fingerprint density at radius 3 is 2.08 bits per heavy atom. The molecule has 0 saturated heterocycles. The van der Waals surface area contributed by atoms with E-state index in [1.807, 2.05) is 6.92 Å². The minimum atomic E-state index is -0.837. The van der Waals surface area contributed by atoms with Gasteiger partial charge in [-0.1, -0.05) is 58.5 Å². The maximum atomic E-state index is 14.2. The number of halogens is 2. The van der Waals surface area contributed by atoms with Crippen molar-refractivity contribution in [1.29, 1.82) is 0 Å². The molecule has 0 N–H and O–H groups in total. The summed E-state index contributed by atoms with van der Waals surface area (Å²) in [5, 5.41) is 0. The summed E-state index contributed by atoms with van der Waals surface area (Å²) in [6, 6.07) is 8.62. The topological polar surface area (TPSA) is 0 Å². The third kappa shape index (κ3) is 2.92. The molecule has 0 radical (unpaired) electrons. The van der Waals surface area contributed by atoms with Gasteiger partial charge in [0.05, 0.1) is 0 Å². The molecule has 2 aromatic carbocycles. The van der Waals surface area contributed by atoms with E-state index in [2.05, 4.69) is 46.4 Å². The molecule has 0 aliphatic heterocycles. The first-order valence-corrected chi connectivity index (χ1v) is 8.84. The SMILES string of the molecule is C=C(c1cc2c(cc1C)C(C)(C)CCC2(C)C)c1cccc(F)c1F. The summed E-state index contributed by atoms with van der Waals surface area (Å²) < 4.78 is 27.9. The molecule has 0 heterocycles. The largest absolute Gasteiger partial charge is 0.204 e. The van der Waals surface area contributed by atoms with Gasteiger partial charge in [-0.25, -0.2) is 8.78 Å². The molecule has 0 spiro atoms. The van der Waals surface area contributed by atoms with Crippen molar-refractivity contribution in [2.24, 2.45) is 0 Å². The molecular formula is C23H26F2. The molecule has 1 aliphatic rings. The smallest absolute Gasteiger partial charge is 0.166 e. The van der Waals surface area contributed by atoms with E-state index in [0.717, 1.165) is 30.0 Å². The van der Waals surface area contributed by atoms with Gasteiger partial charge in [0, 0.05) is 5.56 Å². The average Bonchev–Trinajstić information content (AvgIpc) is 2.54. The number of fused-ring (bicyclic) bond motifs is 1. The van der Waals surface area contributed by atoms with Crippen LogP contribution in [0.15, 0.2) is 36.9 Å². The van der Waals surface area contributed by atoms with Gasteiger partial charge < -0.3 is 0 Å². The first-order chi connectivity index (χ1) is 11.5. The second kappa shape index (κ2) is 5.79. The number of rotatable bonds is 2. The van der Waals surface area contributed by atoms with E-state index in [1.165, 1.54) is 17.2 Å². The van der Waals surface area contributed by atoms with Crippen LogP contribution in [0.5, 0.6) is 0 Å². The van der Waals surface area contributed by atoms with Crippen molar-refractivity contribution in [3.8, 4) is 0 Å². The lowest BCUT2D eigenvalue weighted by molar-refractivity contribution is 0.331. The van der Waals surface area contributed by atoms with Crippen LogP contribution in [0.2, 0.25) is 0 Å². The summed E-state index contributed by atoms with van der Waals surface area (Å²) in [4.78, 5) is 0. The Labute approximate surface area is 149 Å².